The van der Waals surface area contributed by atoms with E-state index in [1.54, 1.807) is 11.3 Å². The van der Waals surface area contributed by atoms with Gasteiger partial charge >= 0.3 is 0 Å². The number of pyridine rings is 1. The zero-order chi connectivity index (χ0) is 34.8. The predicted octanol–water partition coefficient (Wildman–Crippen LogP) is 12.3. The lowest BCUT2D eigenvalue weighted by Crippen LogP contribution is -2.17. The molecule has 1 aliphatic carbocycles. The molecular formula is C47H32N4S. The SMILES string of the molecule is CC1(C)c2ccccc2-c2ccc(-c3nc(-c4ccc(-c5ccccc5)cc4)nc(-c4cccc5c4sc4c(-c6ccccc6)cccc45)n3)nc21. The maximum atomic E-state index is 5.31. The van der Waals surface area contributed by atoms with Crippen molar-refractivity contribution in [3.8, 4) is 67.7 Å². The Balaban J connectivity index is 1.17. The molecule has 0 spiro atoms. The number of hydrogen-bond acceptors (Lipinski definition) is 5. The van der Waals surface area contributed by atoms with Gasteiger partial charge in [-0.1, -0.05) is 159 Å². The van der Waals surface area contributed by atoms with Gasteiger partial charge < -0.3 is 0 Å². The van der Waals surface area contributed by atoms with Crippen LogP contribution in [0.25, 0.3) is 87.8 Å². The summed E-state index contributed by atoms with van der Waals surface area (Å²) in [6.07, 6.45) is 0. The van der Waals surface area contributed by atoms with Crippen LogP contribution >= 0.6 is 11.3 Å². The topological polar surface area (TPSA) is 51.6 Å². The molecule has 0 saturated heterocycles. The average molecular weight is 685 g/mol. The third kappa shape index (κ3) is 4.89. The fourth-order valence-corrected chi connectivity index (χ4v) is 9.04. The maximum Gasteiger partial charge on any atom is 0.182 e. The Morgan fingerprint density at radius 2 is 0.942 bits per heavy atom. The number of rotatable bonds is 5. The summed E-state index contributed by atoms with van der Waals surface area (Å²) in [5.41, 5.74) is 11.9. The van der Waals surface area contributed by atoms with Gasteiger partial charge in [0.15, 0.2) is 17.5 Å². The molecule has 0 unspecified atom stereocenters. The summed E-state index contributed by atoms with van der Waals surface area (Å²) in [4.78, 5) is 20.8. The molecule has 0 radical (unpaired) electrons. The van der Waals surface area contributed by atoms with Crippen LogP contribution in [0.1, 0.15) is 25.1 Å². The number of thiophene rings is 1. The Bertz CT molecular complexity index is 2800. The predicted molar refractivity (Wildman–Crippen MR) is 215 cm³/mol. The Kier molecular flexibility index (Phi) is 6.98. The van der Waals surface area contributed by atoms with Gasteiger partial charge in [0, 0.05) is 42.3 Å². The molecule has 52 heavy (non-hydrogen) atoms. The van der Waals surface area contributed by atoms with Crippen molar-refractivity contribution in [2.45, 2.75) is 19.3 Å². The van der Waals surface area contributed by atoms with Crippen LogP contribution in [0, 0.1) is 0 Å². The van der Waals surface area contributed by atoms with Crippen LogP contribution < -0.4 is 0 Å². The first-order valence-corrected chi connectivity index (χ1v) is 18.4. The zero-order valence-corrected chi connectivity index (χ0v) is 29.5. The van der Waals surface area contributed by atoms with Gasteiger partial charge in [-0.3, -0.25) is 0 Å². The highest BCUT2D eigenvalue weighted by molar-refractivity contribution is 7.26. The number of nitrogens with zero attached hydrogens (tertiary/aromatic N) is 4. The highest BCUT2D eigenvalue weighted by atomic mass is 32.1. The van der Waals surface area contributed by atoms with Crippen LogP contribution in [0.4, 0.5) is 0 Å². The minimum absolute atomic E-state index is 0.243. The lowest BCUT2D eigenvalue weighted by atomic mass is 9.85. The lowest BCUT2D eigenvalue weighted by Gasteiger charge is -2.20. The van der Waals surface area contributed by atoms with Crippen LogP contribution in [-0.4, -0.2) is 19.9 Å². The van der Waals surface area contributed by atoms with Crippen LogP contribution in [0.2, 0.25) is 0 Å². The standard InChI is InChI=1S/C47H32N4S/c1-47(2)39-22-10-9-17-34(39)37-27-28-40(48-43(37)47)46-50-44(32-25-23-30(24-26-32)29-13-5-3-6-14-29)49-45(51-46)38-21-12-20-36-35-19-11-18-33(41(35)52-42(36)38)31-15-7-4-8-16-31/h3-28H,1-2H3. The molecule has 0 amide bonds. The third-order valence-electron chi connectivity index (χ3n) is 10.3. The fraction of sp³-hybridized carbons (Fsp3) is 0.0638. The number of aromatic nitrogens is 4. The first-order valence-electron chi connectivity index (χ1n) is 17.6. The molecule has 0 fully saturated rings. The number of benzene rings is 6. The molecule has 246 valence electrons. The molecule has 3 heterocycles. The van der Waals surface area contributed by atoms with E-state index < -0.39 is 0 Å². The molecule has 3 aromatic heterocycles. The summed E-state index contributed by atoms with van der Waals surface area (Å²) in [6.45, 7) is 4.50. The second-order valence-electron chi connectivity index (χ2n) is 13.8. The van der Waals surface area contributed by atoms with Crippen molar-refractivity contribution in [1.29, 1.82) is 0 Å². The number of fused-ring (bicyclic) bond motifs is 6. The van der Waals surface area contributed by atoms with Crippen LogP contribution in [0.15, 0.2) is 158 Å². The smallest absolute Gasteiger partial charge is 0.182 e. The molecule has 0 aliphatic heterocycles. The summed E-state index contributed by atoms with van der Waals surface area (Å²) in [6, 6.07) is 55.4. The molecular weight excluding hydrogens is 653 g/mol. The molecule has 9 aromatic rings. The Labute approximate surface area is 306 Å². The summed E-state index contributed by atoms with van der Waals surface area (Å²) >= 11 is 1.80. The monoisotopic (exact) mass is 684 g/mol. The van der Waals surface area contributed by atoms with Crippen LogP contribution in [0.5, 0.6) is 0 Å². The molecule has 1 aliphatic rings. The Morgan fingerprint density at radius 3 is 1.69 bits per heavy atom. The van der Waals surface area contributed by atoms with Crippen LogP contribution in [0.3, 0.4) is 0 Å². The third-order valence-corrected chi connectivity index (χ3v) is 11.6. The second-order valence-corrected chi connectivity index (χ2v) is 14.9. The fourth-order valence-electron chi connectivity index (χ4n) is 7.69. The van der Waals surface area contributed by atoms with Crippen molar-refractivity contribution in [2.75, 3.05) is 0 Å². The summed E-state index contributed by atoms with van der Waals surface area (Å²) in [7, 11) is 0. The molecule has 6 aromatic carbocycles. The van der Waals surface area contributed by atoms with Crippen molar-refractivity contribution in [3.63, 3.8) is 0 Å². The van der Waals surface area contributed by atoms with Gasteiger partial charge in [0.05, 0.1) is 5.69 Å². The van der Waals surface area contributed by atoms with E-state index >= 15 is 0 Å². The summed E-state index contributed by atoms with van der Waals surface area (Å²) in [5.74, 6) is 1.81. The van der Waals surface area contributed by atoms with E-state index in [-0.39, 0.29) is 5.41 Å². The molecule has 4 nitrogen and oxygen atoms in total. The normalized spacial score (nSPS) is 13.0. The highest BCUT2D eigenvalue weighted by Crippen LogP contribution is 2.48. The second kappa shape index (κ2) is 11.9. The lowest BCUT2D eigenvalue weighted by molar-refractivity contribution is 0.637. The van der Waals surface area contributed by atoms with E-state index in [0.717, 1.165) is 32.8 Å². The van der Waals surface area contributed by atoms with E-state index in [1.165, 1.54) is 48.9 Å². The van der Waals surface area contributed by atoms with Crippen molar-refractivity contribution >= 4 is 31.5 Å². The van der Waals surface area contributed by atoms with Gasteiger partial charge in [-0.15, -0.1) is 11.3 Å². The highest BCUT2D eigenvalue weighted by Gasteiger charge is 2.37. The maximum absolute atomic E-state index is 5.31. The molecule has 5 heteroatoms. The van der Waals surface area contributed by atoms with Crippen molar-refractivity contribution in [2.24, 2.45) is 0 Å². The summed E-state index contributed by atoms with van der Waals surface area (Å²) in [5, 5.41) is 2.43. The van der Waals surface area contributed by atoms with Gasteiger partial charge in [0.2, 0.25) is 0 Å². The quantitative estimate of drug-likeness (QED) is 0.181. The molecule has 0 saturated carbocycles. The molecule has 10 rings (SSSR count). The number of hydrogen-bond donors (Lipinski definition) is 0. The van der Waals surface area contributed by atoms with Gasteiger partial charge in [-0.2, -0.15) is 0 Å². The molecule has 0 N–H and O–H groups in total. The average Bonchev–Trinajstić information content (AvgIpc) is 3.70. The van der Waals surface area contributed by atoms with Crippen LogP contribution in [-0.2, 0) is 5.41 Å². The van der Waals surface area contributed by atoms with Gasteiger partial charge in [-0.25, -0.2) is 19.9 Å². The minimum Gasteiger partial charge on any atom is -0.248 e. The Morgan fingerprint density at radius 1 is 0.385 bits per heavy atom. The van der Waals surface area contributed by atoms with Crippen molar-refractivity contribution in [1.82, 2.24) is 19.9 Å². The minimum atomic E-state index is -0.243. The molecule has 0 bridgehead atoms. The van der Waals surface area contributed by atoms with E-state index in [9.17, 15) is 0 Å². The van der Waals surface area contributed by atoms with E-state index in [0.29, 0.717) is 17.5 Å². The Hall–Kier alpha value is -6.30. The van der Waals surface area contributed by atoms with E-state index in [2.05, 4.69) is 166 Å². The van der Waals surface area contributed by atoms with E-state index in [1.807, 2.05) is 6.07 Å². The van der Waals surface area contributed by atoms with Gasteiger partial charge in [0.25, 0.3) is 0 Å². The first kappa shape index (κ1) is 30.5. The van der Waals surface area contributed by atoms with Crippen molar-refractivity contribution < 1.29 is 0 Å². The van der Waals surface area contributed by atoms with E-state index in [4.69, 9.17) is 19.9 Å². The van der Waals surface area contributed by atoms with Gasteiger partial charge in [-0.05, 0) is 45.5 Å². The largest absolute Gasteiger partial charge is 0.248 e. The van der Waals surface area contributed by atoms with Crippen molar-refractivity contribution in [3.05, 3.63) is 169 Å². The van der Waals surface area contributed by atoms with Gasteiger partial charge in [0.1, 0.15) is 5.69 Å². The zero-order valence-electron chi connectivity index (χ0n) is 28.7. The summed E-state index contributed by atoms with van der Waals surface area (Å²) < 4.78 is 2.41. The first-order chi connectivity index (χ1) is 25.5. The molecule has 0 atom stereocenters.